The molecule has 0 aliphatic carbocycles. The van der Waals surface area contributed by atoms with E-state index in [2.05, 4.69) is 21.3 Å². The molecule has 0 bridgehead atoms. The van der Waals surface area contributed by atoms with Crippen molar-refractivity contribution in [2.45, 2.75) is 37.9 Å². The molecular formula is C32H38N6O6. The maximum atomic E-state index is 13.8. The molecule has 0 fully saturated rings. The topological polar surface area (TPSA) is 183 Å². The molecule has 44 heavy (non-hydrogen) atoms. The second-order valence-corrected chi connectivity index (χ2v) is 10.2. The summed E-state index contributed by atoms with van der Waals surface area (Å²) in [6.45, 7) is 0.734. The Balaban J connectivity index is 1.63. The first kappa shape index (κ1) is 33.3. The van der Waals surface area contributed by atoms with Gasteiger partial charge in [0.2, 0.25) is 29.5 Å². The number of nitrogens with two attached hydrogens (primary N) is 1. The Hall–Kier alpha value is -5.23. The van der Waals surface area contributed by atoms with Gasteiger partial charge in [-0.05, 0) is 48.7 Å². The molecule has 12 nitrogen and oxygen atoms in total. The Kier molecular flexibility index (Phi) is 12.4. The van der Waals surface area contributed by atoms with Crippen molar-refractivity contribution in [2.24, 2.45) is 5.73 Å². The van der Waals surface area contributed by atoms with E-state index in [-0.39, 0.29) is 25.1 Å². The molecule has 0 saturated carbocycles. The maximum absolute atomic E-state index is 13.8. The maximum Gasteiger partial charge on any atom is 0.250 e. The van der Waals surface area contributed by atoms with E-state index in [1.165, 1.54) is 31.0 Å². The number of phenolic OH excluding ortho intramolecular Hbond substituents is 1. The van der Waals surface area contributed by atoms with Gasteiger partial charge in [-0.15, -0.1) is 0 Å². The largest absolute Gasteiger partial charge is 0.508 e. The number of anilines is 1. The number of amides is 5. The highest BCUT2D eigenvalue weighted by molar-refractivity contribution is 6.03. The number of hydrogen-bond acceptors (Lipinski definition) is 7. The van der Waals surface area contributed by atoms with Gasteiger partial charge in [-0.1, -0.05) is 60.7 Å². The van der Waals surface area contributed by atoms with Gasteiger partial charge in [0, 0.05) is 19.2 Å². The number of phenols is 1. The first-order chi connectivity index (χ1) is 21.1. The molecular weight excluding hydrogens is 564 g/mol. The summed E-state index contributed by atoms with van der Waals surface area (Å²) in [7, 11) is 1.47. The third kappa shape index (κ3) is 10.2. The molecule has 0 radical (unpaired) electrons. The molecule has 3 atom stereocenters. The highest BCUT2D eigenvalue weighted by atomic mass is 16.3. The van der Waals surface area contributed by atoms with Gasteiger partial charge < -0.3 is 37.0 Å². The number of likely N-dealkylation sites (N-methyl/N-ethyl adjacent to an activating group) is 1. The molecule has 5 amide bonds. The lowest BCUT2D eigenvalue weighted by Gasteiger charge is -2.28. The molecule has 3 aromatic carbocycles. The van der Waals surface area contributed by atoms with Gasteiger partial charge in [0.05, 0.1) is 12.6 Å². The van der Waals surface area contributed by atoms with Crippen molar-refractivity contribution in [3.05, 3.63) is 96.1 Å². The number of benzene rings is 3. The third-order valence-electron chi connectivity index (χ3n) is 6.73. The average Bonchev–Trinajstić information content (AvgIpc) is 3.03. The fraction of sp³-hybridized carbons (Fsp3) is 0.281. The predicted molar refractivity (Wildman–Crippen MR) is 165 cm³/mol. The highest BCUT2D eigenvalue weighted by Crippen LogP contribution is 2.16. The zero-order valence-corrected chi connectivity index (χ0v) is 24.7. The number of carbonyl (C=O) groups excluding carboxylic acids is 5. The van der Waals surface area contributed by atoms with Crippen LogP contribution in [0, 0.1) is 0 Å². The van der Waals surface area contributed by atoms with Crippen molar-refractivity contribution in [1.82, 2.24) is 21.3 Å². The van der Waals surface area contributed by atoms with Crippen LogP contribution in [-0.2, 0) is 36.8 Å². The summed E-state index contributed by atoms with van der Waals surface area (Å²) in [6.07, 6.45) is 0.335. The fourth-order valence-electron chi connectivity index (χ4n) is 4.30. The van der Waals surface area contributed by atoms with Crippen LogP contribution in [-0.4, -0.2) is 72.9 Å². The Morgan fingerprint density at radius 3 is 1.98 bits per heavy atom. The lowest BCUT2D eigenvalue weighted by atomic mass is 10.0. The van der Waals surface area contributed by atoms with E-state index in [1.54, 1.807) is 42.5 Å². The van der Waals surface area contributed by atoms with Gasteiger partial charge >= 0.3 is 0 Å². The van der Waals surface area contributed by atoms with E-state index < -0.39 is 54.2 Å². The smallest absolute Gasteiger partial charge is 0.250 e. The minimum atomic E-state index is -1.05. The molecule has 0 spiro atoms. The second-order valence-electron chi connectivity index (χ2n) is 10.2. The number of nitrogens with one attached hydrogen (secondary N) is 4. The Bertz CT molecular complexity index is 1420. The zero-order chi connectivity index (χ0) is 32.1. The van der Waals surface area contributed by atoms with Crippen LogP contribution in [0.4, 0.5) is 5.69 Å². The normalized spacial score (nSPS) is 12.6. The summed E-state index contributed by atoms with van der Waals surface area (Å²) in [5.41, 5.74) is 7.98. The quantitative estimate of drug-likeness (QED) is 0.154. The van der Waals surface area contributed by atoms with Crippen LogP contribution in [0.1, 0.15) is 18.1 Å². The molecule has 0 unspecified atom stereocenters. The minimum Gasteiger partial charge on any atom is -0.508 e. The monoisotopic (exact) mass is 602 g/mol. The highest BCUT2D eigenvalue weighted by Gasteiger charge is 2.29. The molecule has 3 rings (SSSR count). The summed E-state index contributed by atoms with van der Waals surface area (Å²) in [4.78, 5) is 65.5. The van der Waals surface area contributed by atoms with E-state index in [0.717, 1.165) is 11.1 Å². The van der Waals surface area contributed by atoms with Crippen molar-refractivity contribution in [1.29, 1.82) is 0 Å². The van der Waals surface area contributed by atoms with Gasteiger partial charge in [0.1, 0.15) is 24.4 Å². The van der Waals surface area contributed by atoms with Crippen LogP contribution in [0.5, 0.6) is 5.75 Å². The van der Waals surface area contributed by atoms with Crippen LogP contribution in [0.15, 0.2) is 84.9 Å². The third-order valence-corrected chi connectivity index (χ3v) is 6.73. The van der Waals surface area contributed by atoms with Gasteiger partial charge in [-0.3, -0.25) is 24.0 Å². The van der Waals surface area contributed by atoms with Crippen molar-refractivity contribution in [3.63, 3.8) is 0 Å². The second kappa shape index (κ2) is 16.4. The molecule has 0 saturated heterocycles. The van der Waals surface area contributed by atoms with Crippen LogP contribution < -0.4 is 31.9 Å². The van der Waals surface area contributed by atoms with Gasteiger partial charge in [0.15, 0.2) is 0 Å². The molecule has 3 aromatic rings. The minimum absolute atomic E-state index is 0.0919. The average molecular weight is 603 g/mol. The molecule has 0 aliphatic rings. The Labute approximate surface area is 256 Å². The Morgan fingerprint density at radius 2 is 1.36 bits per heavy atom. The summed E-state index contributed by atoms with van der Waals surface area (Å²) < 4.78 is 0. The van der Waals surface area contributed by atoms with Gasteiger partial charge in [-0.2, -0.15) is 0 Å². The number of aromatic hydroxyl groups is 1. The number of nitrogens with zero attached hydrogens (tertiary/aromatic N) is 1. The van der Waals surface area contributed by atoms with Crippen LogP contribution >= 0.6 is 0 Å². The SMILES string of the molecule is CNC(=O)CN(C(=O)[C@H](Cc1ccccc1)NC(=O)CNC(=O)[C@@H](C)NC(=O)[C@@H](N)Cc1ccc(O)cc1)c1ccccc1. The van der Waals surface area contributed by atoms with E-state index >= 15 is 0 Å². The molecule has 0 heterocycles. The van der Waals surface area contributed by atoms with Crippen molar-refractivity contribution < 1.29 is 29.1 Å². The van der Waals surface area contributed by atoms with Crippen molar-refractivity contribution >= 4 is 35.2 Å². The molecule has 232 valence electrons. The van der Waals surface area contributed by atoms with Crippen molar-refractivity contribution in [3.8, 4) is 5.75 Å². The fourth-order valence-corrected chi connectivity index (χ4v) is 4.30. The predicted octanol–water partition coefficient (Wildman–Crippen LogP) is 0.390. The standard InChI is InChI=1S/C32H38N6O6/c1-21(36-31(43)26(33)17-23-13-15-25(39)16-14-23)30(42)35-19-28(40)37-27(18-22-9-5-3-6-10-22)32(44)38(20-29(41)34-2)24-11-7-4-8-12-24/h3-16,21,26-27,39H,17-20,33H2,1-2H3,(H,34,41)(H,35,42)(H,36,43)(H,37,40)/t21-,26+,27+/m1/s1. The lowest BCUT2D eigenvalue weighted by Crippen LogP contribution is -2.55. The molecule has 0 aromatic heterocycles. The summed E-state index contributed by atoms with van der Waals surface area (Å²) in [6, 6.07) is 21.0. The number of para-hydroxylation sites is 1. The first-order valence-electron chi connectivity index (χ1n) is 14.1. The number of hydrogen-bond donors (Lipinski definition) is 6. The van der Waals surface area contributed by atoms with Crippen LogP contribution in [0.2, 0.25) is 0 Å². The zero-order valence-electron chi connectivity index (χ0n) is 24.7. The summed E-state index contributed by atoms with van der Waals surface area (Å²) in [5, 5.41) is 19.6. The van der Waals surface area contributed by atoms with E-state index in [0.29, 0.717) is 5.69 Å². The van der Waals surface area contributed by atoms with E-state index in [4.69, 9.17) is 5.73 Å². The van der Waals surface area contributed by atoms with E-state index in [1.807, 2.05) is 30.3 Å². The Morgan fingerprint density at radius 1 is 0.773 bits per heavy atom. The summed E-state index contributed by atoms with van der Waals surface area (Å²) >= 11 is 0. The molecule has 0 aliphatic heterocycles. The van der Waals surface area contributed by atoms with Crippen LogP contribution in [0.3, 0.4) is 0 Å². The molecule has 7 N–H and O–H groups in total. The summed E-state index contributed by atoms with van der Waals surface area (Å²) in [5.74, 6) is -2.63. The van der Waals surface area contributed by atoms with Crippen LogP contribution in [0.25, 0.3) is 0 Å². The van der Waals surface area contributed by atoms with Gasteiger partial charge in [-0.25, -0.2) is 0 Å². The lowest BCUT2D eigenvalue weighted by molar-refractivity contribution is -0.131. The van der Waals surface area contributed by atoms with Crippen molar-refractivity contribution in [2.75, 3.05) is 25.0 Å². The van der Waals surface area contributed by atoms with E-state index in [9.17, 15) is 29.1 Å². The first-order valence-corrected chi connectivity index (χ1v) is 14.1. The number of rotatable bonds is 14. The number of carbonyl (C=O) groups is 5. The molecule has 12 heteroatoms. The van der Waals surface area contributed by atoms with Gasteiger partial charge in [0.25, 0.3) is 0 Å².